The molecule has 0 aliphatic heterocycles. The lowest BCUT2D eigenvalue weighted by molar-refractivity contribution is -0.137. The van der Waals surface area contributed by atoms with E-state index in [0.717, 1.165) is 29.1 Å². The third-order valence-corrected chi connectivity index (χ3v) is 4.62. The van der Waals surface area contributed by atoms with Gasteiger partial charge < -0.3 is 10.3 Å². The topological polar surface area (TPSA) is 30.9 Å². The van der Waals surface area contributed by atoms with E-state index in [1.54, 1.807) is 6.07 Å². The summed E-state index contributed by atoms with van der Waals surface area (Å²) >= 11 is 0. The maximum atomic E-state index is 12.9. The molecule has 0 fully saturated rings. The molecular weight excluding hydrogens is 325 g/mol. The number of rotatable bonds is 5. The molecule has 2 nitrogen and oxygen atoms in total. The number of nitrogens with two attached hydrogens (primary N) is 1. The fourth-order valence-corrected chi connectivity index (χ4v) is 3.34. The van der Waals surface area contributed by atoms with Crippen molar-refractivity contribution in [3.63, 3.8) is 0 Å². The number of hydrogen-bond donors (Lipinski definition) is 1. The number of aryl methyl sites for hydroxylation is 1. The third kappa shape index (κ3) is 3.56. The summed E-state index contributed by atoms with van der Waals surface area (Å²) in [5.74, 6) is -0.0267. The van der Waals surface area contributed by atoms with Crippen molar-refractivity contribution in [1.82, 2.24) is 4.57 Å². The summed E-state index contributed by atoms with van der Waals surface area (Å²) in [6.45, 7) is 3.29. The van der Waals surface area contributed by atoms with Gasteiger partial charge in [-0.3, -0.25) is 0 Å². The van der Waals surface area contributed by atoms with E-state index >= 15 is 0 Å². The summed E-state index contributed by atoms with van der Waals surface area (Å²) in [5, 5.41) is 1.12. The van der Waals surface area contributed by atoms with Gasteiger partial charge in [-0.05, 0) is 43.1 Å². The molecule has 0 radical (unpaired) electrons. The average Bonchev–Trinajstić information content (AvgIpc) is 2.98. The Hall–Kier alpha value is -2.27. The van der Waals surface area contributed by atoms with Gasteiger partial charge >= 0.3 is 6.18 Å². The van der Waals surface area contributed by atoms with Crippen LogP contribution in [0.15, 0.2) is 54.7 Å². The lowest BCUT2D eigenvalue weighted by Gasteiger charge is -2.16. The summed E-state index contributed by atoms with van der Waals surface area (Å²) in [4.78, 5) is 0. The lowest BCUT2D eigenvalue weighted by Crippen LogP contribution is -2.15. The molecule has 0 aliphatic rings. The minimum atomic E-state index is -4.33. The first kappa shape index (κ1) is 17.5. The predicted molar refractivity (Wildman–Crippen MR) is 94.6 cm³/mol. The smallest absolute Gasteiger partial charge is 0.347 e. The summed E-state index contributed by atoms with van der Waals surface area (Å²) in [5.41, 5.74) is 8.25. The maximum absolute atomic E-state index is 12.9. The van der Waals surface area contributed by atoms with Gasteiger partial charge in [-0.2, -0.15) is 13.2 Å². The Morgan fingerprint density at radius 1 is 1.08 bits per heavy atom. The van der Waals surface area contributed by atoms with E-state index in [0.29, 0.717) is 18.5 Å². The van der Waals surface area contributed by atoms with Crippen LogP contribution in [-0.2, 0) is 19.1 Å². The zero-order valence-electron chi connectivity index (χ0n) is 14.1. The van der Waals surface area contributed by atoms with Crippen molar-refractivity contribution in [2.24, 2.45) is 5.73 Å². The molecule has 1 heterocycles. The second-order valence-corrected chi connectivity index (χ2v) is 6.22. The molecule has 0 aliphatic carbocycles. The number of alkyl halides is 3. The Bertz CT molecular complexity index is 865. The number of hydrogen-bond acceptors (Lipinski definition) is 1. The highest BCUT2D eigenvalue weighted by molar-refractivity contribution is 5.84. The number of aromatic nitrogens is 1. The first-order valence-corrected chi connectivity index (χ1v) is 8.38. The van der Waals surface area contributed by atoms with E-state index in [1.165, 1.54) is 12.1 Å². The molecule has 1 atom stereocenters. The molecule has 3 rings (SSSR count). The van der Waals surface area contributed by atoms with Gasteiger partial charge in [-0.15, -0.1) is 0 Å². The van der Waals surface area contributed by atoms with Crippen LogP contribution in [0.3, 0.4) is 0 Å². The number of halogens is 3. The molecule has 0 bridgehead atoms. The number of para-hydroxylation sites is 1. The first-order valence-electron chi connectivity index (χ1n) is 8.38. The summed E-state index contributed by atoms with van der Waals surface area (Å²) in [6.07, 6.45) is -1.76. The molecule has 1 unspecified atom stereocenters. The quantitative estimate of drug-likeness (QED) is 0.695. The van der Waals surface area contributed by atoms with Crippen molar-refractivity contribution in [3.8, 4) is 0 Å². The van der Waals surface area contributed by atoms with E-state index in [2.05, 4.69) is 23.8 Å². The monoisotopic (exact) mass is 346 g/mol. The zero-order valence-corrected chi connectivity index (χ0v) is 14.1. The highest BCUT2D eigenvalue weighted by Gasteiger charge is 2.30. The third-order valence-electron chi connectivity index (χ3n) is 4.62. The second-order valence-electron chi connectivity index (χ2n) is 6.22. The molecule has 2 aromatic carbocycles. The predicted octanol–water partition coefficient (Wildman–Crippen LogP) is 4.97. The van der Waals surface area contributed by atoms with Crippen LogP contribution >= 0.6 is 0 Å². The lowest BCUT2D eigenvalue weighted by atomic mass is 9.91. The van der Waals surface area contributed by atoms with Crippen LogP contribution in [0.25, 0.3) is 10.9 Å². The first-order chi connectivity index (χ1) is 11.9. The second kappa shape index (κ2) is 6.92. The fourth-order valence-electron chi connectivity index (χ4n) is 3.34. The fraction of sp³-hybridized carbons (Fsp3) is 0.300. The summed E-state index contributed by atoms with van der Waals surface area (Å²) < 4.78 is 41.0. The molecule has 0 spiro atoms. The van der Waals surface area contributed by atoms with Crippen LogP contribution in [0.5, 0.6) is 0 Å². The highest BCUT2D eigenvalue weighted by atomic mass is 19.4. The minimum absolute atomic E-state index is 0.0267. The molecule has 0 saturated heterocycles. The van der Waals surface area contributed by atoms with Gasteiger partial charge in [0.25, 0.3) is 0 Å². The molecule has 2 N–H and O–H groups in total. The molecular formula is C20H21F3N2. The standard InChI is InChI=1S/C20H21F3N2/c1-2-25-13-18(17-8-3-4-9-19(17)25)15(12-24)10-14-6-5-7-16(11-14)20(21,22)23/h3-9,11,13,15H,2,10,12,24H2,1H3. The van der Waals surface area contributed by atoms with Gasteiger partial charge in [0, 0.05) is 29.6 Å². The molecule has 0 amide bonds. The summed E-state index contributed by atoms with van der Waals surface area (Å²) in [7, 11) is 0. The Morgan fingerprint density at radius 2 is 1.84 bits per heavy atom. The number of fused-ring (bicyclic) bond motifs is 1. The molecule has 3 aromatic rings. The molecule has 5 heteroatoms. The van der Waals surface area contributed by atoms with Gasteiger partial charge in [0.2, 0.25) is 0 Å². The van der Waals surface area contributed by atoms with Crippen LogP contribution in [-0.4, -0.2) is 11.1 Å². The average molecular weight is 346 g/mol. The van der Waals surface area contributed by atoms with E-state index in [1.807, 2.05) is 18.2 Å². The molecule has 25 heavy (non-hydrogen) atoms. The van der Waals surface area contributed by atoms with Crippen LogP contribution < -0.4 is 5.73 Å². The minimum Gasteiger partial charge on any atom is -0.347 e. The van der Waals surface area contributed by atoms with Crippen LogP contribution in [0.4, 0.5) is 13.2 Å². The van der Waals surface area contributed by atoms with E-state index in [4.69, 9.17) is 5.73 Å². The molecule has 1 aromatic heterocycles. The van der Waals surface area contributed by atoms with Gasteiger partial charge in [0.15, 0.2) is 0 Å². The maximum Gasteiger partial charge on any atom is 0.416 e. The Morgan fingerprint density at radius 3 is 2.52 bits per heavy atom. The largest absolute Gasteiger partial charge is 0.416 e. The number of nitrogens with zero attached hydrogens (tertiary/aromatic N) is 1. The summed E-state index contributed by atoms with van der Waals surface area (Å²) in [6, 6.07) is 13.6. The van der Waals surface area contributed by atoms with Crippen molar-refractivity contribution in [3.05, 3.63) is 71.4 Å². The van der Waals surface area contributed by atoms with E-state index in [-0.39, 0.29) is 5.92 Å². The van der Waals surface area contributed by atoms with E-state index in [9.17, 15) is 13.2 Å². The van der Waals surface area contributed by atoms with Crippen LogP contribution in [0.1, 0.15) is 29.5 Å². The Balaban J connectivity index is 1.97. The van der Waals surface area contributed by atoms with Crippen molar-refractivity contribution >= 4 is 10.9 Å². The van der Waals surface area contributed by atoms with Crippen molar-refractivity contribution in [2.75, 3.05) is 6.54 Å². The van der Waals surface area contributed by atoms with Gasteiger partial charge in [0.05, 0.1) is 5.56 Å². The Kier molecular flexibility index (Phi) is 4.86. The zero-order chi connectivity index (χ0) is 18.0. The van der Waals surface area contributed by atoms with Crippen molar-refractivity contribution in [2.45, 2.75) is 32.0 Å². The SMILES string of the molecule is CCn1cc(C(CN)Cc2cccc(C(F)(F)F)c2)c2ccccc21. The Labute approximate surface area is 145 Å². The van der Waals surface area contributed by atoms with E-state index < -0.39 is 11.7 Å². The number of benzene rings is 2. The van der Waals surface area contributed by atoms with Crippen molar-refractivity contribution < 1.29 is 13.2 Å². The van der Waals surface area contributed by atoms with Crippen LogP contribution in [0, 0.1) is 0 Å². The van der Waals surface area contributed by atoms with Gasteiger partial charge in [-0.25, -0.2) is 0 Å². The highest BCUT2D eigenvalue weighted by Crippen LogP contribution is 2.32. The normalized spacial score (nSPS) is 13.3. The van der Waals surface area contributed by atoms with Crippen molar-refractivity contribution in [1.29, 1.82) is 0 Å². The van der Waals surface area contributed by atoms with Gasteiger partial charge in [0.1, 0.15) is 0 Å². The molecule has 132 valence electrons. The van der Waals surface area contributed by atoms with Gasteiger partial charge in [-0.1, -0.05) is 36.4 Å². The van der Waals surface area contributed by atoms with Crippen LogP contribution in [0.2, 0.25) is 0 Å². The molecule has 0 saturated carbocycles.